The third kappa shape index (κ3) is 3.64. The molecular weight excluding hydrogens is 428 g/mol. The lowest BCUT2D eigenvalue weighted by molar-refractivity contribution is -0.132. The van der Waals surface area contributed by atoms with Gasteiger partial charge in [0.25, 0.3) is 11.7 Å². The van der Waals surface area contributed by atoms with Gasteiger partial charge < -0.3 is 10.2 Å². The van der Waals surface area contributed by atoms with E-state index in [1.807, 2.05) is 0 Å². The van der Waals surface area contributed by atoms with Crippen LogP contribution in [0.4, 0.5) is 14.5 Å². The van der Waals surface area contributed by atoms with Crippen LogP contribution in [0.1, 0.15) is 17.2 Å². The number of aromatic hydroxyl groups is 1. The van der Waals surface area contributed by atoms with Gasteiger partial charge >= 0.3 is 0 Å². The van der Waals surface area contributed by atoms with Crippen molar-refractivity contribution in [1.29, 1.82) is 0 Å². The highest BCUT2D eigenvalue weighted by Crippen LogP contribution is 2.43. The summed E-state index contributed by atoms with van der Waals surface area (Å²) in [4.78, 5) is 26.6. The maximum atomic E-state index is 14.6. The minimum absolute atomic E-state index is 0.172. The molecule has 1 amide bonds. The zero-order valence-electron chi connectivity index (χ0n) is 15.7. The predicted molar refractivity (Wildman–Crippen MR) is 111 cm³/mol. The summed E-state index contributed by atoms with van der Waals surface area (Å²) in [5.41, 5.74) is -0.377. The van der Waals surface area contributed by atoms with Gasteiger partial charge in [-0.1, -0.05) is 23.7 Å². The molecule has 1 heterocycles. The Balaban J connectivity index is 1.99. The second kappa shape index (κ2) is 7.85. The van der Waals surface area contributed by atoms with Gasteiger partial charge in [0.2, 0.25) is 0 Å². The average Bonchev–Trinajstić information content (AvgIpc) is 3.00. The van der Waals surface area contributed by atoms with Gasteiger partial charge in [0.1, 0.15) is 23.1 Å². The SMILES string of the molecule is O=C1C(=O)N(c2cc(F)ccc2F)C(c2cccc(O)c2)/C1=C(\O)c1ccc(Cl)cc1. The van der Waals surface area contributed by atoms with Crippen molar-refractivity contribution in [3.05, 3.63) is 100 Å². The van der Waals surface area contributed by atoms with Crippen LogP contribution < -0.4 is 4.90 Å². The average molecular weight is 442 g/mol. The maximum Gasteiger partial charge on any atom is 0.300 e. The third-order valence-corrected chi connectivity index (χ3v) is 5.17. The fourth-order valence-corrected chi connectivity index (χ4v) is 3.65. The predicted octanol–water partition coefficient (Wildman–Crippen LogP) is 4.95. The van der Waals surface area contributed by atoms with Crippen LogP contribution >= 0.6 is 11.6 Å². The first-order valence-electron chi connectivity index (χ1n) is 9.09. The quantitative estimate of drug-likeness (QED) is 0.342. The molecule has 1 saturated heterocycles. The number of hydrogen-bond acceptors (Lipinski definition) is 4. The Morgan fingerprint density at radius 2 is 1.68 bits per heavy atom. The number of carbonyl (C=O) groups excluding carboxylic acids is 2. The van der Waals surface area contributed by atoms with E-state index in [9.17, 15) is 28.6 Å². The number of nitrogens with zero attached hydrogens (tertiary/aromatic N) is 1. The summed E-state index contributed by atoms with van der Waals surface area (Å²) in [5.74, 6) is -4.65. The smallest absolute Gasteiger partial charge is 0.300 e. The molecule has 0 bridgehead atoms. The Hall–Kier alpha value is -3.71. The normalized spacial score (nSPS) is 17.9. The summed E-state index contributed by atoms with van der Waals surface area (Å²) in [5, 5.41) is 21.2. The molecule has 4 rings (SSSR count). The van der Waals surface area contributed by atoms with Crippen molar-refractivity contribution in [3.8, 4) is 5.75 Å². The van der Waals surface area contributed by atoms with Crippen molar-refractivity contribution in [2.24, 2.45) is 0 Å². The number of aliphatic hydroxyl groups is 1. The van der Waals surface area contributed by atoms with E-state index in [2.05, 4.69) is 0 Å². The summed E-state index contributed by atoms with van der Waals surface area (Å²) in [6.45, 7) is 0. The van der Waals surface area contributed by atoms with Crippen molar-refractivity contribution in [2.45, 2.75) is 6.04 Å². The molecule has 1 fully saturated rings. The monoisotopic (exact) mass is 441 g/mol. The Morgan fingerprint density at radius 3 is 2.35 bits per heavy atom. The van der Waals surface area contributed by atoms with Gasteiger partial charge in [-0.2, -0.15) is 0 Å². The van der Waals surface area contributed by atoms with E-state index >= 15 is 0 Å². The zero-order valence-corrected chi connectivity index (χ0v) is 16.5. The molecule has 3 aromatic rings. The lowest BCUT2D eigenvalue weighted by Crippen LogP contribution is -2.30. The number of phenolic OH excluding ortho intramolecular Hbond substituents is 1. The molecular formula is C23H14ClF2NO4. The molecule has 3 aromatic carbocycles. The van der Waals surface area contributed by atoms with E-state index in [1.165, 1.54) is 48.5 Å². The molecule has 5 nitrogen and oxygen atoms in total. The van der Waals surface area contributed by atoms with Crippen LogP contribution in [0.2, 0.25) is 5.02 Å². The number of amides is 1. The van der Waals surface area contributed by atoms with Gasteiger partial charge in [-0.05, 0) is 54.1 Å². The van der Waals surface area contributed by atoms with E-state index in [-0.39, 0.29) is 22.4 Å². The number of benzene rings is 3. The third-order valence-electron chi connectivity index (χ3n) is 4.92. The van der Waals surface area contributed by atoms with Crippen LogP contribution in [0, 0.1) is 11.6 Å². The van der Waals surface area contributed by atoms with Crippen molar-refractivity contribution in [3.63, 3.8) is 0 Å². The van der Waals surface area contributed by atoms with E-state index in [0.29, 0.717) is 5.02 Å². The Labute approximate surface area is 180 Å². The minimum Gasteiger partial charge on any atom is -0.508 e. The molecule has 1 aliphatic heterocycles. The highest BCUT2D eigenvalue weighted by molar-refractivity contribution is 6.51. The number of hydrogen-bond donors (Lipinski definition) is 2. The molecule has 0 spiro atoms. The second-order valence-corrected chi connectivity index (χ2v) is 7.30. The molecule has 1 aliphatic rings. The van der Waals surface area contributed by atoms with E-state index < -0.39 is 40.8 Å². The van der Waals surface area contributed by atoms with Gasteiger partial charge in [0.15, 0.2) is 0 Å². The first kappa shape index (κ1) is 20.6. The van der Waals surface area contributed by atoms with Crippen LogP contribution in [0.5, 0.6) is 5.75 Å². The van der Waals surface area contributed by atoms with Crippen molar-refractivity contribution < 1.29 is 28.6 Å². The number of ketones is 1. The molecule has 2 N–H and O–H groups in total. The molecule has 1 unspecified atom stereocenters. The summed E-state index contributed by atoms with van der Waals surface area (Å²) in [6.07, 6.45) is 0. The summed E-state index contributed by atoms with van der Waals surface area (Å²) < 4.78 is 28.4. The molecule has 1 atom stereocenters. The minimum atomic E-state index is -1.31. The standard InChI is InChI=1S/C23H14ClF2NO4/c24-14-6-4-12(5-7-14)21(29)19-20(13-2-1-3-16(28)10-13)27(23(31)22(19)30)18-11-15(25)8-9-17(18)26/h1-11,20,28-29H/b21-19+. The summed E-state index contributed by atoms with van der Waals surface area (Å²) >= 11 is 5.87. The van der Waals surface area contributed by atoms with E-state index in [0.717, 1.165) is 23.1 Å². The first-order valence-corrected chi connectivity index (χ1v) is 9.46. The van der Waals surface area contributed by atoms with Gasteiger partial charge in [0, 0.05) is 16.7 Å². The number of halogens is 3. The van der Waals surface area contributed by atoms with Crippen LogP contribution in [0.25, 0.3) is 5.76 Å². The van der Waals surface area contributed by atoms with E-state index in [1.54, 1.807) is 0 Å². The van der Waals surface area contributed by atoms with Gasteiger partial charge in [0.05, 0.1) is 17.3 Å². The Morgan fingerprint density at radius 1 is 0.968 bits per heavy atom. The van der Waals surface area contributed by atoms with Crippen molar-refractivity contribution in [1.82, 2.24) is 0 Å². The van der Waals surface area contributed by atoms with Crippen molar-refractivity contribution in [2.75, 3.05) is 4.90 Å². The second-order valence-electron chi connectivity index (χ2n) is 6.87. The molecule has 0 radical (unpaired) electrons. The first-order chi connectivity index (χ1) is 14.8. The molecule has 156 valence electrons. The zero-order chi connectivity index (χ0) is 22.3. The topological polar surface area (TPSA) is 77.8 Å². The molecule has 0 saturated carbocycles. The highest BCUT2D eigenvalue weighted by Gasteiger charge is 2.47. The number of phenols is 1. The van der Waals surface area contributed by atoms with Crippen LogP contribution in [-0.4, -0.2) is 21.9 Å². The number of aliphatic hydroxyl groups excluding tert-OH is 1. The summed E-state index contributed by atoms with van der Waals surface area (Å²) in [7, 11) is 0. The van der Waals surface area contributed by atoms with Gasteiger partial charge in [-0.25, -0.2) is 8.78 Å². The van der Waals surface area contributed by atoms with Crippen LogP contribution in [-0.2, 0) is 9.59 Å². The number of rotatable bonds is 3. The molecule has 0 aromatic heterocycles. The fraction of sp³-hybridized carbons (Fsp3) is 0.0435. The van der Waals surface area contributed by atoms with Crippen LogP contribution in [0.15, 0.2) is 72.3 Å². The number of carbonyl (C=O) groups is 2. The fourth-order valence-electron chi connectivity index (χ4n) is 3.52. The van der Waals surface area contributed by atoms with Gasteiger partial charge in [-0.3, -0.25) is 14.5 Å². The largest absolute Gasteiger partial charge is 0.508 e. The molecule has 31 heavy (non-hydrogen) atoms. The lowest BCUT2D eigenvalue weighted by atomic mass is 9.95. The number of Topliss-reactive ketones (excluding diaryl/α,β-unsaturated/α-hetero) is 1. The van der Waals surface area contributed by atoms with Crippen LogP contribution in [0.3, 0.4) is 0 Å². The Bertz CT molecular complexity index is 1240. The maximum absolute atomic E-state index is 14.6. The molecule has 0 aliphatic carbocycles. The summed E-state index contributed by atoms with van der Waals surface area (Å²) in [6, 6.07) is 12.7. The van der Waals surface area contributed by atoms with E-state index in [4.69, 9.17) is 11.6 Å². The van der Waals surface area contributed by atoms with Gasteiger partial charge in [-0.15, -0.1) is 0 Å². The lowest BCUT2D eigenvalue weighted by Gasteiger charge is -2.26. The molecule has 8 heteroatoms. The number of anilines is 1. The van der Waals surface area contributed by atoms with Crippen molar-refractivity contribution >= 4 is 34.7 Å². The highest BCUT2D eigenvalue weighted by atomic mass is 35.5. The Kier molecular flexibility index (Phi) is 5.20.